The zero-order valence-electron chi connectivity index (χ0n) is 5.37. The van der Waals surface area contributed by atoms with Crippen molar-refractivity contribution in [1.82, 2.24) is 0 Å². The van der Waals surface area contributed by atoms with Crippen LogP contribution in [0.25, 0.3) is 0 Å². The third-order valence-corrected chi connectivity index (χ3v) is 2.92. The molecule has 0 aliphatic rings. The molecule has 0 N–H and O–H groups in total. The third kappa shape index (κ3) is 2.17. The minimum absolute atomic E-state index is 0.327. The first-order chi connectivity index (χ1) is 5.15. The van der Waals surface area contributed by atoms with Crippen molar-refractivity contribution in [2.45, 2.75) is 5.33 Å². The first kappa shape index (κ1) is 9.49. The molecule has 0 atom stereocenters. The van der Waals surface area contributed by atoms with Crippen LogP contribution in [0.15, 0.2) is 16.6 Å². The molecule has 0 aromatic heterocycles. The molecule has 0 aliphatic carbocycles. The van der Waals surface area contributed by atoms with E-state index < -0.39 is 0 Å². The molecule has 0 nitrogen and oxygen atoms in total. The third-order valence-electron chi connectivity index (χ3n) is 1.21. The predicted octanol–water partition coefficient (Wildman–Crippen LogP) is 4.14. The fraction of sp³-hybridized carbons (Fsp3) is 0.143. The Morgan fingerprint density at radius 2 is 2.09 bits per heavy atom. The molecule has 1 aromatic rings. The highest BCUT2D eigenvalue weighted by atomic mass is 79.9. The standard InChI is InChI=1S/C7H4Br2ClF/c8-3-4-1-5(10)2-6(11)7(4)9/h1-2H,3H2. The summed E-state index contributed by atoms with van der Waals surface area (Å²) in [5, 5.41) is 1.01. The van der Waals surface area contributed by atoms with Gasteiger partial charge in [-0.3, -0.25) is 0 Å². The molecule has 0 aliphatic heterocycles. The quantitative estimate of drug-likeness (QED) is 0.540. The maximum atomic E-state index is 12.9. The highest BCUT2D eigenvalue weighted by Crippen LogP contribution is 2.26. The Balaban J connectivity index is 3.24. The molecule has 60 valence electrons. The lowest BCUT2D eigenvalue weighted by Gasteiger charge is -2.01. The molecule has 0 saturated carbocycles. The summed E-state index contributed by atoms with van der Waals surface area (Å²) >= 11 is 12.0. The van der Waals surface area contributed by atoms with Gasteiger partial charge in [-0.2, -0.15) is 0 Å². The van der Waals surface area contributed by atoms with E-state index >= 15 is 0 Å². The van der Waals surface area contributed by atoms with E-state index in [1.807, 2.05) is 0 Å². The maximum absolute atomic E-state index is 12.9. The summed E-state index contributed by atoms with van der Waals surface area (Å²) in [6.07, 6.45) is 0. The van der Waals surface area contributed by atoms with Crippen molar-refractivity contribution in [3.8, 4) is 0 Å². The van der Waals surface area contributed by atoms with Crippen molar-refractivity contribution in [3.63, 3.8) is 0 Å². The van der Waals surface area contributed by atoms with Crippen molar-refractivity contribution >= 4 is 43.5 Å². The van der Waals surface area contributed by atoms with Crippen molar-refractivity contribution in [2.75, 3.05) is 0 Å². The van der Waals surface area contributed by atoms with Crippen LogP contribution < -0.4 is 0 Å². The Kier molecular flexibility index (Phi) is 3.34. The van der Waals surface area contributed by atoms with Crippen LogP contribution in [0, 0.1) is 5.82 Å². The zero-order chi connectivity index (χ0) is 8.43. The monoisotopic (exact) mass is 300 g/mol. The Hall–Kier alpha value is 0.400. The second kappa shape index (κ2) is 3.87. The van der Waals surface area contributed by atoms with Crippen molar-refractivity contribution in [2.24, 2.45) is 0 Å². The number of halogens is 4. The van der Waals surface area contributed by atoms with Crippen LogP contribution in [0.3, 0.4) is 0 Å². The Morgan fingerprint density at radius 3 is 2.64 bits per heavy atom. The van der Waals surface area contributed by atoms with Crippen LogP contribution >= 0.6 is 43.5 Å². The van der Waals surface area contributed by atoms with Gasteiger partial charge in [-0.25, -0.2) is 4.39 Å². The highest BCUT2D eigenvalue weighted by molar-refractivity contribution is 9.10. The Bertz CT molecular complexity index is 275. The van der Waals surface area contributed by atoms with Crippen molar-refractivity contribution in [1.29, 1.82) is 0 Å². The molecule has 0 amide bonds. The summed E-state index contributed by atoms with van der Waals surface area (Å²) in [6.45, 7) is 0. The smallest absolute Gasteiger partial charge is 0.139 e. The zero-order valence-corrected chi connectivity index (χ0v) is 9.30. The van der Waals surface area contributed by atoms with Gasteiger partial charge in [-0.05, 0) is 33.6 Å². The molecule has 0 fully saturated rings. The maximum Gasteiger partial charge on any atom is 0.139 e. The first-order valence-electron chi connectivity index (χ1n) is 2.84. The largest absolute Gasteiger partial charge is 0.206 e. The molecule has 0 heterocycles. The molecule has 0 unspecified atom stereocenters. The Morgan fingerprint density at radius 1 is 1.45 bits per heavy atom. The van der Waals surface area contributed by atoms with Crippen LogP contribution in [-0.4, -0.2) is 0 Å². The average Bonchev–Trinajstić information content (AvgIpc) is 1.96. The van der Waals surface area contributed by atoms with E-state index in [0.29, 0.717) is 14.8 Å². The van der Waals surface area contributed by atoms with Crippen LogP contribution in [0.2, 0.25) is 5.02 Å². The van der Waals surface area contributed by atoms with E-state index in [0.717, 1.165) is 5.56 Å². The average molecular weight is 302 g/mol. The van der Waals surface area contributed by atoms with Crippen LogP contribution in [0.5, 0.6) is 0 Å². The SMILES string of the molecule is Fc1cc(Cl)cc(CBr)c1Br. The topological polar surface area (TPSA) is 0 Å². The van der Waals surface area contributed by atoms with Gasteiger partial charge in [-0.1, -0.05) is 27.5 Å². The second-order valence-corrected chi connectivity index (χ2v) is 3.78. The van der Waals surface area contributed by atoms with E-state index in [-0.39, 0.29) is 5.82 Å². The van der Waals surface area contributed by atoms with Crippen molar-refractivity contribution < 1.29 is 4.39 Å². The number of hydrogen-bond acceptors (Lipinski definition) is 0. The minimum atomic E-state index is -0.327. The summed E-state index contributed by atoms with van der Waals surface area (Å²) < 4.78 is 13.3. The van der Waals surface area contributed by atoms with Crippen LogP contribution in [0.1, 0.15) is 5.56 Å². The van der Waals surface area contributed by atoms with E-state index in [2.05, 4.69) is 31.9 Å². The van der Waals surface area contributed by atoms with Gasteiger partial charge < -0.3 is 0 Å². The minimum Gasteiger partial charge on any atom is -0.206 e. The highest BCUT2D eigenvalue weighted by Gasteiger charge is 2.05. The summed E-state index contributed by atoms with van der Waals surface area (Å²) in [5.41, 5.74) is 0.815. The number of rotatable bonds is 1. The van der Waals surface area contributed by atoms with Gasteiger partial charge in [0.1, 0.15) is 5.82 Å². The van der Waals surface area contributed by atoms with Crippen LogP contribution in [-0.2, 0) is 5.33 Å². The van der Waals surface area contributed by atoms with Gasteiger partial charge in [0.25, 0.3) is 0 Å². The molecular weight excluding hydrogens is 298 g/mol. The van der Waals surface area contributed by atoms with Gasteiger partial charge in [0.2, 0.25) is 0 Å². The summed E-state index contributed by atoms with van der Waals surface area (Å²) in [4.78, 5) is 0. The Labute approximate surface area is 86.0 Å². The molecule has 0 spiro atoms. The summed E-state index contributed by atoms with van der Waals surface area (Å²) in [6, 6.07) is 2.99. The second-order valence-electron chi connectivity index (χ2n) is 1.99. The van der Waals surface area contributed by atoms with Crippen LogP contribution in [0.4, 0.5) is 4.39 Å². The lowest BCUT2D eigenvalue weighted by Crippen LogP contribution is -1.85. The molecule has 1 rings (SSSR count). The van der Waals surface area contributed by atoms with Gasteiger partial charge in [0.15, 0.2) is 0 Å². The van der Waals surface area contributed by atoms with E-state index in [1.54, 1.807) is 6.07 Å². The fourth-order valence-electron chi connectivity index (χ4n) is 0.707. The number of hydrogen-bond donors (Lipinski definition) is 0. The molecule has 1 aromatic carbocycles. The number of alkyl halides is 1. The molecule has 0 saturated heterocycles. The van der Waals surface area contributed by atoms with Gasteiger partial charge in [0.05, 0.1) is 4.47 Å². The molecule has 4 heteroatoms. The first-order valence-corrected chi connectivity index (χ1v) is 5.13. The van der Waals surface area contributed by atoms with E-state index in [1.165, 1.54) is 6.07 Å². The van der Waals surface area contributed by atoms with Gasteiger partial charge in [0, 0.05) is 10.4 Å². The lowest BCUT2D eigenvalue weighted by atomic mass is 10.2. The van der Waals surface area contributed by atoms with Gasteiger partial charge in [-0.15, -0.1) is 0 Å². The normalized spacial score (nSPS) is 10.2. The molecule has 11 heavy (non-hydrogen) atoms. The fourth-order valence-corrected chi connectivity index (χ4v) is 2.12. The molecule has 0 radical (unpaired) electrons. The summed E-state index contributed by atoms with van der Waals surface area (Å²) in [5.74, 6) is -0.327. The molecular formula is C7H4Br2ClF. The van der Waals surface area contributed by atoms with Crippen molar-refractivity contribution in [3.05, 3.63) is 33.0 Å². The summed E-state index contributed by atoms with van der Waals surface area (Å²) in [7, 11) is 0. The van der Waals surface area contributed by atoms with Gasteiger partial charge >= 0.3 is 0 Å². The number of benzene rings is 1. The van der Waals surface area contributed by atoms with E-state index in [9.17, 15) is 4.39 Å². The lowest BCUT2D eigenvalue weighted by molar-refractivity contribution is 0.619. The molecule has 0 bridgehead atoms. The van der Waals surface area contributed by atoms with E-state index in [4.69, 9.17) is 11.6 Å². The predicted molar refractivity (Wildman–Crippen MR) is 51.7 cm³/mol.